The molecular formula is C16H28F3N5O. The van der Waals surface area contributed by atoms with Crippen LogP contribution in [-0.4, -0.2) is 36.7 Å². The van der Waals surface area contributed by atoms with E-state index >= 15 is 0 Å². The average molecular weight is 363 g/mol. The number of urea groups is 1. The van der Waals surface area contributed by atoms with Crippen LogP contribution in [0, 0.1) is 11.8 Å². The number of halogens is 3. The Morgan fingerprint density at radius 2 is 1.68 bits per heavy atom. The van der Waals surface area contributed by atoms with E-state index in [1.807, 2.05) is 0 Å². The Balaban J connectivity index is 1.47. The van der Waals surface area contributed by atoms with Gasteiger partial charge in [-0.2, -0.15) is 13.2 Å². The summed E-state index contributed by atoms with van der Waals surface area (Å²) in [5.74, 6) is 1.45. The smallest absolute Gasteiger partial charge is 0.335 e. The van der Waals surface area contributed by atoms with Crippen molar-refractivity contribution in [2.45, 2.75) is 82.1 Å². The maximum Gasteiger partial charge on any atom is 0.404 e. The molecule has 0 aromatic rings. The van der Waals surface area contributed by atoms with E-state index in [2.05, 4.69) is 21.3 Å². The molecule has 0 bridgehead atoms. The van der Waals surface area contributed by atoms with Crippen molar-refractivity contribution in [1.82, 2.24) is 21.3 Å². The molecule has 6 N–H and O–H groups in total. The maximum atomic E-state index is 12.9. The van der Waals surface area contributed by atoms with Crippen molar-refractivity contribution in [3.63, 3.8) is 0 Å². The lowest BCUT2D eigenvalue weighted by Gasteiger charge is -2.40. The molecule has 3 fully saturated rings. The highest BCUT2D eigenvalue weighted by atomic mass is 19.4. The van der Waals surface area contributed by atoms with Crippen molar-refractivity contribution in [3.05, 3.63) is 0 Å². The van der Waals surface area contributed by atoms with Gasteiger partial charge in [-0.1, -0.05) is 25.7 Å². The van der Waals surface area contributed by atoms with E-state index in [9.17, 15) is 18.0 Å². The first-order valence-electron chi connectivity index (χ1n) is 9.22. The first-order valence-corrected chi connectivity index (χ1v) is 9.22. The van der Waals surface area contributed by atoms with Crippen LogP contribution in [0.15, 0.2) is 0 Å². The van der Waals surface area contributed by atoms with Crippen LogP contribution >= 0.6 is 0 Å². The molecule has 9 heteroatoms. The van der Waals surface area contributed by atoms with E-state index in [-0.39, 0.29) is 12.5 Å². The largest absolute Gasteiger partial charge is 0.404 e. The second-order valence-corrected chi connectivity index (χ2v) is 7.64. The molecule has 6 unspecified atom stereocenters. The summed E-state index contributed by atoms with van der Waals surface area (Å²) in [5, 5.41) is 10.5. The number of amides is 2. The van der Waals surface area contributed by atoms with E-state index in [1.165, 1.54) is 25.7 Å². The second-order valence-electron chi connectivity index (χ2n) is 7.64. The van der Waals surface area contributed by atoms with Gasteiger partial charge < -0.3 is 16.4 Å². The Morgan fingerprint density at radius 3 is 2.40 bits per heavy atom. The fourth-order valence-electron chi connectivity index (χ4n) is 4.53. The number of nitrogens with two attached hydrogens (primary N) is 1. The summed E-state index contributed by atoms with van der Waals surface area (Å²) in [6.45, 7) is 0. The van der Waals surface area contributed by atoms with Crippen LogP contribution < -0.4 is 27.0 Å². The summed E-state index contributed by atoms with van der Waals surface area (Å²) in [6.07, 6.45) is 1.61. The van der Waals surface area contributed by atoms with E-state index in [0.29, 0.717) is 5.92 Å². The van der Waals surface area contributed by atoms with Crippen LogP contribution in [0.5, 0.6) is 0 Å². The molecule has 1 saturated heterocycles. The lowest BCUT2D eigenvalue weighted by Crippen LogP contribution is -2.70. The highest BCUT2D eigenvalue weighted by molar-refractivity contribution is 5.74. The molecule has 1 heterocycles. The van der Waals surface area contributed by atoms with Crippen molar-refractivity contribution in [2.75, 3.05) is 0 Å². The predicted molar refractivity (Wildman–Crippen MR) is 87.2 cm³/mol. The minimum absolute atomic E-state index is 0.0926. The lowest BCUT2D eigenvalue weighted by molar-refractivity contribution is -0.166. The van der Waals surface area contributed by atoms with Crippen molar-refractivity contribution < 1.29 is 18.0 Å². The van der Waals surface area contributed by atoms with Crippen molar-refractivity contribution >= 4 is 6.03 Å². The van der Waals surface area contributed by atoms with Gasteiger partial charge in [0.1, 0.15) is 12.3 Å². The van der Waals surface area contributed by atoms with E-state index in [4.69, 9.17) is 5.73 Å². The van der Waals surface area contributed by atoms with Gasteiger partial charge in [-0.05, 0) is 37.5 Å². The number of carbonyl (C=O) groups excluding carboxylic acids is 1. The van der Waals surface area contributed by atoms with Gasteiger partial charge in [-0.3, -0.25) is 10.6 Å². The van der Waals surface area contributed by atoms with Crippen molar-refractivity contribution in [3.8, 4) is 0 Å². The molecule has 3 rings (SSSR count). The number of carbonyl (C=O) groups is 1. The van der Waals surface area contributed by atoms with Crippen LogP contribution in [0.2, 0.25) is 0 Å². The van der Waals surface area contributed by atoms with Crippen molar-refractivity contribution in [1.29, 1.82) is 0 Å². The van der Waals surface area contributed by atoms with Gasteiger partial charge in [-0.15, -0.1) is 0 Å². The summed E-state index contributed by atoms with van der Waals surface area (Å²) in [4.78, 5) is 12.2. The first kappa shape index (κ1) is 18.7. The fraction of sp³-hybridized carbons (Fsp3) is 0.938. The number of hydrogen-bond donors (Lipinski definition) is 5. The minimum atomic E-state index is -4.39. The molecule has 0 aromatic carbocycles. The summed E-state index contributed by atoms with van der Waals surface area (Å²) >= 11 is 0. The van der Waals surface area contributed by atoms with Gasteiger partial charge in [0.2, 0.25) is 0 Å². The standard InChI is InChI=1S/C16H28F3N5O/c17-16(18,19)12-8-13(20)23-14(22-12)24-15(25)21-11-6-5-9-3-1-2-4-10(9)7-11/h9-14,22-23H,1-8,20H2,(H2,21,24,25). The van der Waals surface area contributed by atoms with Crippen LogP contribution in [0.3, 0.4) is 0 Å². The quantitative estimate of drug-likeness (QED) is 0.517. The van der Waals surface area contributed by atoms with Crippen LogP contribution in [-0.2, 0) is 0 Å². The molecule has 2 saturated carbocycles. The zero-order chi connectivity index (χ0) is 18.0. The van der Waals surface area contributed by atoms with E-state index < -0.39 is 30.7 Å². The molecule has 0 spiro atoms. The summed E-state index contributed by atoms with van der Waals surface area (Å²) in [5.41, 5.74) is 5.62. The fourth-order valence-corrected chi connectivity index (χ4v) is 4.53. The molecule has 0 radical (unpaired) electrons. The molecule has 1 aliphatic heterocycles. The van der Waals surface area contributed by atoms with Gasteiger partial charge in [0.25, 0.3) is 0 Å². The highest BCUT2D eigenvalue weighted by Gasteiger charge is 2.44. The number of hydrogen-bond acceptors (Lipinski definition) is 4. The zero-order valence-electron chi connectivity index (χ0n) is 14.2. The average Bonchev–Trinajstić information content (AvgIpc) is 2.53. The Labute approximate surface area is 145 Å². The van der Waals surface area contributed by atoms with Gasteiger partial charge in [-0.25, -0.2) is 4.79 Å². The van der Waals surface area contributed by atoms with Crippen LogP contribution in [0.25, 0.3) is 0 Å². The molecular weight excluding hydrogens is 335 g/mol. The third-order valence-corrected chi connectivity index (χ3v) is 5.78. The number of rotatable bonds is 2. The Morgan fingerprint density at radius 1 is 0.960 bits per heavy atom. The van der Waals surface area contributed by atoms with E-state index in [1.54, 1.807) is 0 Å². The Kier molecular flexibility index (Phi) is 5.75. The molecule has 0 aromatic heterocycles. The lowest BCUT2D eigenvalue weighted by atomic mass is 9.69. The monoisotopic (exact) mass is 363 g/mol. The van der Waals surface area contributed by atoms with Crippen LogP contribution in [0.1, 0.15) is 51.4 Å². The molecule has 3 aliphatic rings. The number of nitrogens with one attached hydrogen (secondary N) is 4. The third-order valence-electron chi connectivity index (χ3n) is 5.78. The van der Waals surface area contributed by atoms with E-state index in [0.717, 1.165) is 25.2 Å². The van der Waals surface area contributed by atoms with Gasteiger partial charge in [0, 0.05) is 6.04 Å². The summed E-state index contributed by atoms with van der Waals surface area (Å²) in [7, 11) is 0. The normalized spacial score (nSPS) is 39.4. The number of fused-ring (bicyclic) bond motifs is 1. The predicted octanol–water partition coefficient (Wildman–Crippen LogP) is 1.73. The zero-order valence-corrected chi connectivity index (χ0v) is 14.2. The molecule has 2 aliphatic carbocycles. The van der Waals surface area contributed by atoms with Crippen LogP contribution in [0.4, 0.5) is 18.0 Å². The highest BCUT2D eigenvalue weighted by Crippen LogP contribution is 2.40. The SMILES string of the molecule is NC1CC(C(F)(F)F)NC(NC(=O)NC2CCC3CCCCC3C2)N1. The molecule has 6 atom stereocenters. The minimum Gasteiger partial charge on any atom is -0.335 e. The topological polar surface area (TPSA) is 91.2 Å². The second kappa shape index (κ2) is 7.67. The summed E-state index contributed by atoms with van der Waals surface area (Å²) in [6, 6.07) is -2.10. The maximum absolute atomic E-state index is 12.9. The number of alkyl halides is 3. The van der Waals surface area contributed by atoms with Crippen molar-refractivity contribution in [2.24, 2.45) is 17.6 Å². The molecule has 2 amide bonds. The van der Waals surface area contributed by atoms with Gasteiger partial charge >= 0.3 is 12.2 Å². The van der Waals surface area contributed by atoms with Gasteiger partial charge in [0.15, 0.2) is 0 Å². The Hall–Kier alpha value is -1.06. The van der Waals surface area contributed by atoms with Gasteiger partial charge in [0.05, 0.1) is 6.17 Å². The third kappa shape index (κ3) is 4.98. The first-order chi connectivity index (χ1) is 11.8. The molecule has 144 valence electrons. The Bertz CT molecular complexity index is 475. The molecule has 6 nitrogen and oxygen atoms in total. The summed E-state index contributed by atoms with van der Waals surface area (Å²) < 4.78 is 38.6. The molecule has 25 heavy (non-hydrogen) atoms.